The molecule has 2 aromatic carbocycles. The van der Waals surface area contributed by atoms with E-state index in [0.717, 1.165) is 4.31 Å². The van der Waals surface area contributed by atoms with Crippen LogP contribution < -0.4 is 20.1 Å². The zero-order valence-corrected chi connectivity index (χ0v) is 13.6. The number of imide groups is 1. The number of urea groups is 1. The number of benzene rings is 2. The van der Waals surface area contributed by atoms with Crippen molar-refractivity contribution in [2.45, 2.75) is 0 Å². The molecule has 8 heteroatoms. The summed E-state index contributed by atoms with van der Waals surface area (Å²) in [6.45, 7) is 0. The van der Waals surface area contributed by atoms with E-state index in [1.54, 1.807) is 12.1 Å². The molecule has 0 bridgehead atoms. The average molecular weight is 345 g/mol. The molecule has 0 aromatic heterocycles. The Morgan fingerprint density at radius 1 is 1.00 bits per heavy atom. The summed E-state index contributed by atoms with van der Waals surface area (Å²) in [5, 5.41) is 2.21. The predicted molar refractivity (Wildman–Crippen MR) is 92.3 cm³/mol. The van der Waals surface area contributed by atoms with E-state index >= 15 is 0 Å². The summed E-state index contributed by atoms with van der Waals surface area (Å²) in [4.78, 5) is 35.1. The van der Waals surface area contributed by atoms with Crippen LogP contribution in [0.1, 0.15) is 20.7 Å². The first-order valence-corrected chi connectivity index (χ1v) is 7.20. The van der Waals surface area contributed by atoms with E-state index in [1.165, 1.54) is 43.5 Å². The van der Waals surface area contributed by atoms with Crippen molar-refractivity contribution in [1.29, 1.82) is 0 Å². The third kappa shape index (κ3) is 4.05. The molecule has 0 unspecified atom stereocenters. The minimum Gasteiger partial charge on any atom is -0.497 e. The number of hydrogen-bond donors (Lipinski definition) is 3. The number of thiol groups is 1. The Morgan fingerprint density at radius 3 is 2.04 bits per heavy atom. The van der Waals surface area contributed by atoms with E-state index in [0.29, 0.717) is 22.6 Å². The van der Waals surface area contributed by atoms with Gasteiger partial charge < -0.3 is 10.5 Å². The molecule has 24 heavy (non-hydrogen) atoms. The van der Waals surface area contributed by atoms with Crippen molar-refractivity contribution in [2.75, 3.05) is 11.4 Å². The van der Waals surface area contributed by atoms with Gasteiger partial charge in [-0.3, -0.25) is 14.9 Å². The molecule has 0 aliphatic heterocycles. The molecule has 0 spiro atoms. The first-order chi connectivity index (χ1) is 11.4. The van der Waals surface area contributed by atoms with Gasteiger partial charge in [0, 0.05) is 11.1 Å². The number of nitrogens with one attached hydrogen (secondary N) is 1. The summed E-state index contributed by atoms with van der Waals surface area (Å²) in [6.07, 6.45) is 0. The Hall–Kier alpha value is -3.00. The summed E-state index contributed by atoms with van der Waals surface area (Å²) in [5.74, 6) is -0.551. The van der Waals surface area contributed by atoms with Crippen LogP contribution in [0.4, 0.5) is 10.5 Å². The molecule has 0 saturated carbocycles. The van der Waals surface area contributed by atoms with E-state index in [2.05, 4.69) is 18.1 Å². The highest BCUT2D eigenvalue weighted by Crippen LogP contribution is 2.17. The smallest absolute Gasteiger partial charge is 0.338 e. The fraction of sp³-hybridized carbons (Fsp3) is 0.0625. The van der Waals surface area contributed by atoms with Gasteiger partial charge in [0.15, 0.2) is 0 Å². The largest absolute Gasteiger partial charge is 0.497 e. The molecular weight excluding hydrogens is 330 g/mol. The van der Waals surface area contributed by atoms with Gasteiger partial charge in [0.2, 0.25) is 5.91 Å². The fourth-order valence-electron chi connectivity index (χ4n) is 1.85. The minimum absolute atomic E-state index is 0.301. The third-order valence-electron chi connectivity index (χ3n) is 3.16. The summed E-state index contributed by atoms with van der Waals surface area (Å²) in [7, 11) is 1.51. The van der Waals surface area contributed by atoms with Crippen LogP contribution in [0.2, 0.25) is 0 Å². The Labute approximate surface area is 143 Å². The maximum atomic E-state index is 12.1. The van der Waals surface area contributed by atoms with Gasteiger partial charge in [0.1, 0.15) is 5.75 Å². The van der Waals surface area contributed by atoms with Gasteiger partial charge >= 0.3 is 6.03 Å². The number of hydrogen-bond acceptors (Lipinski definition) is 5. The summed E-state index contributed by atoms with van der Waals surface area (Å²) >= 11 is 4.05. The highest BCUT2D eigenvalue weighted by Gasteiger charge is 2.16. The van der Waals surface area contributed by atoms with Crippen molar-refractivity contribution in [3.05, 3.63) is 59.7 Å². The Balaban J connectivity index is 2.04. The Morgan fingerprint density at radius 2 is 1.54 bits per heavy atom. The van der Waals surface area contributed by atoms with Gasteiger partial charge in [0.05, 0.1) is 12.8 Å². The number of nitrogens with two attached hydrogens (primary N) is 1. The van der Waals surface area contributed by atoms with Crippen LogP contribution in [0, 0.1) is 0 Å². The summed E-state index contributed by atoms with van der Waals surface area (Å²) in [5.41, 5.74) is 6.13. The lowest BCUT2D eigenvalue weighted by Crippen LogP contribution is -2.38. The Kier molecular flexibility index (Phi) is 5.43. The second-order valence-electron chi connectivity index (χ2n) is 4.71. The zero-order chi connectivity index (χ0) is 17.7. The van der Waals surface area contributed by atoms with Crippen LogP contribution in [0.25, 0.3) is 0 Å². The minimum atomic E-state index is -0.731. The SMILES string of the molecule is COc1ccc(C(=O)NC(=O)N(S)c2ccc(C(N)=O)cc2)cc1. The van der Waals surface area contributed by atoms with Gasteiger partial charge in [-0.15, -0.1) is 0 Å². The molecule has 0 saturated heterocycles. The average Bonchev–Trinajstić information content (AvgIpc) is 2.61. The van der Waals surface area contributed by atoms with Crippen molar-refractivity contribution in [1.82, 2.24) is 5.32 Å². The van der Waals surface area contributed by atoms with Crippen LogP contribution in [0.3, 0.4) is 0 Å². The molecular formula is C16H15N3O4S. The predicted octanol–water partition coefficient (Wildman–Crippen LogP) is 2.00. The van der Waals surface area contributed by atoms with Crippen LogP contribution in [-0.4, -0.2) is 25.0 Å². The number of carbonyl (C=O) groups is 3. The van der Waals surface area contributed by atoms with Gasteiger partial charge in [0.25, 0.3) is 5.91 Å². The topological polar surface area (TPSA) is 102 Å². The maximum Gasteiger partial charge on any atom is 0.338 e. The van der Waals surface area contributed by atoms with E-state index in [1.807, 2.05) is 0 Å². The number of amides is 4. The van der Waals surface area contributed by atoms with Gasteiger partial charge in [-0.2, -0.15) is 0 Å². The molecule has 2 aromatic rings. The van der Waals surface area contributed by atoms with E-state index in [-0.39, 0.29) is 0 Å². The summed E-state index contributed by atoms with van der Waals surface area (Å²) in [6, 6.07) is 11.5. The van der Waals surface area contributed by atoms with Crippen LogP contribution >= 0.6 is 12.8 Å². The lowest BCUT2D eigenvalue weighted by molar-refractivity contribution is 0.0964. The normalized spacial score (nSPS) is 9.92. The van der Waals surface area contributed by atoms with Gasteiger partial charge in [-0.1, -0.05) is 12.8 Å². The number of primary amides is 1. The third-order valence-corrected chi connectivity index (χ3v) is 3.57. The van der Waals surface area contributed by atoms with E-state index in [9.17, 15) is 14.4 Å². The van der Waals surface area contributed by atoms with Crippen molar-refractivity contribution in [2.24, 2.45) is 5.73 Å². The number of anilines is 1. The molecule has 0 atom stereocenters. The number of ether oxygens (including phenoxy) is 1. The summed E-state index contributed by atoms with van der Waals surface area (Å²) < 4.78 is 5.95. The monoisotopic (exact) mass is 345 g/mol. The van der Waals surface area contributed by atoms with Crippen LogP contribution in [0.15, 0.2) is 48.5 Å². The number of carbonyl (C=O) groups excluding carboxylic acids is 3. The van der Waals surface area contributed by atoms with Crippen LogP contribution in [-0.2, 0) is 0 Å². The fourth-order valence-corrected chi connectivity index (χ4v) is 2.03. The zero-order valence-electron chi connectivity index (χ0n) is 12.7. The molecule has 0 fully saturated rings. The highest BCUT2D eigenvalue weighted by molar-refractivity contribution is 7.82. The molecule has 0 aliphatic carbocycles. The van der Waals surface area contributed by atoms with Crippen molar-refractivity contribution in [3.63, 3.8) is 0 Å². The first-order valence-electron chi connectivity index (χ1n) is 6.80. The second-order valence-corrected chi connectivity index (χ2v) is 5.11. The van der Waals surface area contributed by atoms with Gasteiger partial charge in [-0.25, -0.2) is 9.10 Å². The second kappa shape index (κ2) is 7.51. The molecule has 0 radical (unpaired) electrons. The number of rotatable bonds is 4. The van der Waals surface area contributed by atoms with Crippen molar-refractivity contribution < 1.29 is 19.1 Å². The molecule has 4 amide bonds. The van der Waals surface area contributed by atoms with Gasteiger partial charge in [-0.05, 0) is 48.5 Å². The molecule has 2 rings (SSSR count). The molecule has 0 heterocycles. The molecule has 3 N–H and O–H groups in total. The lowest BCUT2D eigenvalue weighted by Gasteiger charge is -2.16. The maximum absolute atomic E-state index is 12.1. The lowest BCUT2D eigenvalue weighted by atomic mass is 10.2. The number of methoxy groups -OCH3 is 1. The quantitative estimate of drug-likeness (QED) is 0.738. The van der Waals surface area contributed by atoms with Crippen molar-refractivity contribution >= 4 is 36.3 Å². The molecule has 7 nitrogen and oxygen atoms in total. The molecule has 124 valence electrons. The Bertz CT molecular complexity index is 760. The van der Waals surface area contributed by atoms with Crippen molar-refractivity contribution in [3.8, 4) is 5.75 Å². The number of nitrogens with zero attached hydrogens (tertiary/aromatic N) is 1. The highest BCUT2D eigenvalue weighted by atomic mass is 32.1. The standard InChI is InChI=1S/C16H15N3O4S/c1-23-13-8-4-11(5-9-13)15(21)18-16(22)19(24)12-6-2-10(3-7-12)14(17)20/h2-9,24H,1H3,(H2,17,20)(H,18,21,22). The van der Waals surface area contributed by atoms with E-state index in [4.69, 9.17) is 10.5 Å². The van der Waals surface area contributed by atoms with E-state index < -0.39 is 17.8 Å². The molecule has 0 aliphatic rings. The first kappa shape index (κ1) is 17.4. The van der Waals surface area contributed by atoms with Crippen LogP contribution in [0.5, 0.6) is 5.75 Å².